The molecule has 0 heterocycles. The van der Waals surface area contributed by atoms with Crippen molar-refractivity contribution >= 4 is 100 Å². The fourth-order valence-corrected chi connectivity index (χ4v) is 13.5. The molecule has 0 aliphatic heterocycles. The molecule has 3 aromatic carbocycles. The number of benzene rings is 3. The second-order valence-corrected chi connectivity index (χ2v) is 14.9. The van der Waals surface area contributed by atoms with Crippen LogP contribution in [0.2, 0.25) is 30.1 Å². The van der Waals surface area contributed by atoms with Crippen molar-refractivity contribution in [2.24, 2.45) is 0 Å². The van der Waals surface area contributed by atoms with Gasteiger partial charge in [-0.3, -0.25) is 0 Å². The van der Waals surface area contributed by atoms with E-state index >= 15 is 26.3 Å². The van der Waals surface area contributed by atoms with Gasteiger partial charge in [0.15, 0.2) is 0 Å². The first-order valence-corrected chi connectivity index (χ1v) is 14.6. The molecular weight excluding hydrogens is 719 g/mol. The Morgan fingerprint density at radius 1 is 0.294 bits per heavy atom. The van der Waals surface area contributed by atoms with E-state index in [1.165, 1.54) is 0 Å². The van der Waals surface area contributed by atoms with E-state index in [0.29, 0.717) is 0 Å². The van der Waals surface area contributed by atoms with Crippen LogP contribution in [0.1, 0.15) is 0 Å². The number of hydrogen-bond donors (Lipinski definition) is 0. The van der Waals surface area contributed by atoms with Crippen LogP contribution in [0.3, 0.4) is 0 Å². The summed E-state index contributed by atoms with van der Waals surface area (Å²) in [7, 11) is 0. The maximum absolute atomic E-state index is 15.0. The molecule has 34 heavy (non-hydrogen) atoms. The molecule has 0 aliphatic carbocycles. The molecule has 0 nitrogen and oxygen atoms in total. The van der Waals surface area contributed by atoms with E-state index in [-0.39, 0.29) is 0 Å². The van der Waals surface area contributed by atoms with Gasteiger partial charge in [0.25, 0.3) is 0 Å². The Bertz CT molecular complexity index is 1130. The zero-order valence-corrected chi connectivity index (χ0v) is 22.6. The van der Waals surface area contributed by atoms with Crippen molar-refractivity contribution in [3.63, 3.8) is 0 Å². The molecule has 0 amide bonds. The van der Waals surface area contributed by atoms with Gasteiger partial charge in [-0.1, -0.05) is 0 Å². The van der Waals surface area contributed by atoms with Crippen LogP contribution in [-0.4, -0.2) is 19.8 Å². The quantitative estimate of drug-likeness (QED) is 0.115. The van der Waals surface area contributed by atoms with Crippen LogP contribution in [-0.2, 0) is 0 Å². The average Bonchev–Trinajstić information content (AvgIpc) is 2.81. The molecule has 0 fully saturated rings. The molecule has 181 valence electrons. The minimum atomic E-state index is -5.87. The van der Waals surface area contributed by atoms with Crippen molar-refractivity contribution in [3.05, 3.63) is 82.5 Å². The molecule has 0 bridgehead atoms. The third-order valence-electron chi connectivity index (χ3n) is 4.38. The van der Waals surface area contributed by atoms with Crippen LogP contribution >= 0.6 is 69.6 Å². The van der Waals surface area contributed by atoms with Crippen molar-refractivity contribution in [3.8, 4) is 0 Å². The van der Waals surface area contributed by atoms with Crippen LogP contribution in [0.5, 0.6) is 0 Å². The fourth-order valence-electron chi connectivity index (χ4n) is 2.85. The third kappa shape index (κ3) is 4.22. The minimum absolute atomic E-state index is 1.51. The molecule has 3 rings (SSSR count). The van der Waals surface area contributed by atoms with Gasteiger partial charge in [0.2, 0.25) is 0 Å². The normalized spacial score (nSPS) is 11.6. The summed E-state index contributed by atoms with van der Waals surface area (Å²) in [5, 5.41) is -9.08. The summed E-state index contributed by atoms with van der Waals surface area (Å²) < 4.78 is 127. The van der Waals surface area contributed by atoms with Gasteiger partial charge in [-0.15, -0.1) is 0 Å². The van der Waals surface area contributed by atoms with Crippen molar-refractivity contribution in [2.45, 2.75) is 0 Å². The van der Waals surface area contributed by atoms with E-state index in [4.69, 9.17) is 69.6 Å². The Morgan fingerprint density at radius 2 is 0.441 bits per heavy atom. The summed E-state index contributed by atoms with van der Waals surface area (Å²) in [6.45, 7) is 0. The van der Waals surface area contributed by atoms with Gasteiger partial charge in [0, 0.05) is 0 Å². The standard InChI is InChI=1S/3C6Cl2F3.Sn/c3*7-4-2(9)1-3(10)5(8)6(4)11;. The van der Waals surface area contributed by atoms with Crippen molar-refractivity contribution in [1.82, 2.24) is 0 Å². The van der Waals surface area contributed by atoms with E-state index in [2.05, 4.69) is 0 Å². The molecular formula is C18Cl6F9Sn. The molecule has 0 N–H and O–H groups in total. The Morgan fingerprint density at radius 3 is 0.588 bits per heavy atom. The van der Waals surface area contributed by atoms with Crippen LogP contribution < -0.4 is 10.7 Å². The molecule has 0 unspecified atom stereocenters. The van der Waals surface area contributed by atoms with Crippen molar-refractivity contribution < 1.29 is 39.5 Å². The van der Waals surface area contributed by atoms with Gasteiger partial charge in [-0.25, -0.2) is 0 Å². The second kappa shape index (κ2) is 10.1. The fraction of sp³-hybridized carbons (Fsp3) is 0. The molecule has 0 saturated carbocycles. The first kappa shape index (κ1) is 28.1. The zero-order valence-electron chi connectivity index (χ0n) is 15.2. The van der Waals surface area contributed by atoms with Crippen molar-refractivity contribution in [1.29, 1.82) is 0 Å². The Kier molecular flexibility index (Phi) is 8.40. The van der Waals surface area contributed by atoms with E-state index in [1.54, 1.807) is 0 Å². The van der Waals surface area contributed by atoms with Gasteiger partial charge in [0.1, 0.15) is 0 Å². The first-order chi connectivity index (χ1) is 15.7. The Balaban J connectivity index is 2.68. The van der Waals surface area contributed by atoms with Gasteiger partial charge in [-0.2, -0.15) is 0 Å². The van der Waals surface area contributed by atoms with Gasteiger partial charge >= 0.3 is 222 Å². The van der Waals surface area contributed by atoms with E-state index in [1.807, 2.05) is 0 Å². The monoisotopic (exact) mass is 717 g/mol. The molecule has 0 spiro atoms. The van der Waals surface area contributed by atoms with Crippen molar-refractivity contribution in [2.75, 3.05) is 0 Å². The van der Waals surface area contributed by atoms with E-state index in [0.717, 1.165) is 0 Å². The number of rotatable bonds is 3. The molecule has 0 atom stereocenters. The van der Waals surface area contributed by atoms with Gasteiger partial charge in [0.05, 0.1) is 0 Å². The Hall–Kier alpha value is -0.431. The SMILES string of the molecule is Fc1c(Cl)c(F)[c]([Sn]([c]2c(F)c(Cl)c(F)c(Cl)c2F)[c]2c(F)c(Cl)c(F)c(Cl)c2F)c(F)c1Cl. The van der Waals surface area contributed by atoms with Crippen LogP contribution in [0.25, 0.3) is 0 Å². The summed E-state index contributed by atoms with van der Waals surface area (Å²) in [6, 6.07) is 0. The number of hydrogen-bond acceptors (Lipinski definition) is 0. The summed E-state index contributed by atoms with van der Waals surface area (Å²) in [5.74, 6) is -17.9. The average molecular weight is 719 g/mol. The van der Waals surface area contributed by atoms with Crippen LogP contribution in [0.15, 0.2) is 0 Å². The predicted octanol–water partition coefficient (Wildman–Crippen LogP) is 7.38. The van der Waals surface area contributed by atoms with Crippen LogP contribution in [0, 0.1) is 52.4 Å². The summed E-state index contributed by atoms with van der Waals surface area (Å²) in [5.41, 5.74) is 0. The molecule has 0 aromatic heterocycles. The summed E-state index contributed by atoms with van der Waals surface area (Å²) in [4.78, 5) is 0. The molecule has 16 heteroatoms. The molecule has 1 radical (unpaired) electrons. The zero-order chi connectivity index (χ0) is 26.0. The van der Waals surface area contributed by atoms with Gasteiger partial charge < -0.3 is 0 Å². The second-order valence-electron chi connectivity index (χ2n) is 6.21. The van der Waals surface area contributed by atoms with Gasteiger partial charge in [-0.05, 0) is 0 Å². The first-order valence-electron chi connectivity index (χ1n) is 8.08. The predicted molar refractivity (Wildman–Crippen MR) is 114 cm³/mol. The van der Waals surface area contributed by atoms with E-state index in [9.17, 15) is 13.2 Å². The molecule has 0 aliphatic rings. The molecule has 3 aromatic rings. The summed E-state index contributed by atoms with van der Waals surface area (Å²) >= 11 is 26.8. The Labute approximate surface area is 220 Å². The third-order valence-corrected chi connectivity index (χ3v) is 14.4. The summed E-state index contributed by atoms with van der Waals surface area (Å²) in [6.07, 6.45) is 0. The number of halogens is 15. The maximum atomic E-state index is 15.0. The van der Waals surface area contributed by atoms with Crippen LogP contribution in [0.4, 0.5) is 39.5 Å². The van der Waals surface area contributed by atoms with E-state index < -0.39 is 113 Å². The topological polar surface area (TPSA) is 0 Å². The molecule has 0 saturated heterocycles.